The summed E-state index contributed by atoms with van der Waals surface area (Å²) in [7, 11) is -1.60. The molecule has 254 valence electrons. The lowest BCUT2D eigenvalue weighted by molar-refractivity contribution is -0.262. The first-order valence-corrected chi connectivity index (χ1v) is 17.6. The van der Waals surface area contributed by atoms with Crippen LogP contribution in [0.3, 0.4) is 0 Å². The van der Waals surface area contributed by atoms with Crippen LogP contribution in [0.1, 0.15) is 40.2 Å². The molecule has 3 aromatic rings. The van der Waals surface area contributed by atoms with Gasteiger partial charge in [0.15, 0.2) is 6.10 Å². The fourth-order valence-corrected chi connectivity index (χ4v) is 11.1. The Morgan fingerprint density at radius 3 is 1.94 bits per heavy atom. The molecule has 5 rings (SSSR count). The van der Waals surface area contributed by atoms with Crippen LogP contribution in [0.2, 0.25) is 5.04 Å². The van der Waals surface area contributed by atoms with Crippen LogP contribution < -0.4 is 15.1 Å². The third kappa shape index (κ3) is 6.73. The molecule has 0 N–H and O–H groups in total. The van der Waals surface area contributed by atoms with Gasteiger partial charge in [0.25, 0.3) is 8.32 Å². The molecule has 1 spiro atoms. The van der Waals surface area contributed by atoms with Crippen molar-refractivity contribution in [3.8, 4) is 5.75 Å². The molecule has 0 aliphatic carbocycles. The molecule has 2 heterocycles. The van der Waals surface area contributed by atoms with Gasteiger partial charge in [-0.2, -0.15) is 0 Å². The van der Waals surface area contributed by atoms with Crippen LogP contribution in [-0.4, -0.2) is 81.4 Å². The number of rotatable bonds is 10. The molecule has 11 nitrogen and oxygen atoms in total. The molecule has 0 bridgehead atoms. The predicted octanol–water partition coefficient (Wildman–Crippen LogP) is 3.12. The number of benzene rings is 3. The van der Waals surface area contributed by atoms with Crippen molar-refractivity contribution in [3.05, 3.63) is 90.5 Å². The van der Waals surface area contributed by atoms with Crippen LogP contribution in [0.15, 0.2) is 84.9 Å². The minimum Gasteiger partial charge on any atom is -0.497 e. The largest absolute Gasteiger partial charge is 0.497 e. The van der Waals surface area contributed by atoms with Gasteiger partial charge in [-0.05, 0) is 33.1 Å². The highest BCUT2D eigenvalue weighted by molar-refractivity contribution is 6.99. The van der Waals surface area contributed by atoms with Crippen LogP contribution in [0.4, 0.5) is 0 Å². The fraction of sp³-hybridized carbons (Fsp3) is 0.389. The van der Waals surface area contributed by atoms with Crippen molar-refractivity contribution in [2.24, 2.45) is 0 Å². The normalized spacial score (nSPS) is 22.7. The Bertz CT molecular complexity index is 1590. The number of hydrogen-bond acceptors (Lipinski definition) is 10. The number of ether oxygens (including phenoxy) is 5. The molecule has 0 aromatic heterocycles. The van der Waals surface area contributed by atoms with Gasteiger partial charge in [-0.25, -0.2) is 0 Å². The number of hydrogen-bond donors (Lipinski definition) is 0. The van der Waals surface area contributed by atoms with Gasteiger partial charge in [-0.3, -0.25) is 19.2 Å². The van der Waals surface area contributed by atoms with Crippen LogP contribution in [-0.2, 0) is 49.1 Å². The Morgan fingerprint density at radius 2 is 1.44 bits per heavy atom. The summed E-state index contributed by atoms with van der Waals surface area (Å²) in [5.74, 6) is -4.83. The number of nitrogens with zero attached hydrogens (tertiary/aromatic N) is 1. The average Bonchev–Trinajstić information content (AvgIpc) is 3.31. The number of amides is 1. The van der Waals surface area contributed by atoms with Gasteiger partial charge in [-0.15, -0.1) is 0 Å². The van der Waals surface area contributed by atoms with Gasteiger partial charge in [0, 0.05) is 20.4 Å². The van der Waals surface area contributed by atoms with E-state index < -0.39 is 61.3 Å². The van der Waals surface area contributed by atoms with E-state index in [1.165, 1.54) is 11.8 Å². The van der Waals surface area contributed by atoms with E-state index in [1.807, 2.05) is 60.7 Å². The molecule has 2 saturated heterocycles. The summed E-state index contributed by atoms with van der Waals surface area (Å²) in [6, 6.07) is 26.8. The van der Waals surface area contributed by atoms with E-state index in [1.54, 1.807) is 31.4 Å². The Hall–Kier alpha value is -4.52. The Morgan fingerprint density at radius 1 is 0.875 bits per heavy atom. The van der Waals surface area contributed by atoms with Crippen molar-refractivity contribution in [3.63, 3.8) is 0 Å². The minimum absolute atomic E-state index is 0.0251. The second kappa shape index (κ2) is 13.9. The third-order valence-electron chi connectivity index (χ3n) is 8.54. The molecule has 0 radical (unpaired) electrons. The topological polar surface area (TPSA) is 127 Å². The number of carbonyl (C=O) groups excluding carboxylic acids is 4. The highest BCUT2D eigenvalue weighted by Gasteiger charge is 2.69. The Balaban J connectivity index is 1.56. The van der Waals surface area contributed by atoms with E-state index in [-0.39, 0.29) is 19.7 Å². The van der Waals surface area contributed by atoms with E-state index in [9.17, 15) is 19.2 Å². The minimum atomic E-state index is -3.15. The van der Waals surface area contributed by atoms with E-state index in [0.29, 0.717) is 11.3 Å². The highest BCUT2D eigenvalue weighted by atomic mass is 28.4. The molecule has 2 aliphatic heterocycles. The standard InChI is InChI=1S/C36H41NO10Si/c1-24(38)44-32-30(23-43-48(35(3,4)5,28-13-9-7-10-14-28)29-15-11-8-12-16-29)46-36(33(32)45-25(2)39)34(41)37(22-31(40)47-36)21-26-17-19-27(42-6)20-18-26/h7-20,30,32-33H,21-23H2,1-6H3/t30-,32+,33-,36+/m1/s1. The monoisotopic (exact) mass is 675 g/mol. The average molecular weight is 676 g/mol. The Kier molecular flexibility index (Phi) is 10.1. The van der Waals surface area contributed by atoms with Crippen LogP contribution >= 0.6 is 0 Å². The first-order valence-electron chi connectivity index (χ1n) is 15.7. The maximum atomic E-state index is 14.3. The quantitative estimate of drug-likeness (QED) is 0.180. The van der Waals surface area contributed by atoms with E-state index in [2.05, 4.69) is 20.8 Å². The summed E-state index contributed by atoms with van der Waals surface area (Å²) in [5, 5.41) is 1.56. The van der Waals surface area contributed by atoms with Gasteiger partial charge >= 0.3 is 29.6 Å². The molecule has 1 amide bonds. The van der Waals surface area contributed by atoms with Gasteiger partial charge in [-0.1, -0.05) is 93.6 Å². The lowest BCUT2D eigenvalue weighted by Crippen LogP contribution is -2.67. The van der Waals surface area contributed by atoms with Gasteiger partial charge < -0.3 is 33.0 Å². The lowest BCUT2D eigenvalue weighted by atomic mass is 10.0. The maximum absolute atomic E-state index is 14.3. The smallest absolute Gasteiger partial charge is 0.335 e. The maximum Gasteiger partial charge on any atom is 0.335 e. The van der Waals surface area contributed by atoms with Gasteiger partial charge in [0.1, 0.15) is 18.4 Å². The number of methoxy groups -OCH3 is 1. The van der Waals surface area contributed by atoms with Crippen molar-refractivity contribution in [1.82, 2.24) is 4.90 Å². The molecular formula is C36H41NO10Si. The van der Waals surface area contributed by atoms with Crippen molar-refractivity contribution in [2.45, 2.75) is 70.3 Å². The van der Waals surface area contributed by atoms with Crippen molar-refractivity contribution < 1.29 is 47.3 Å². The van der Waals surface area contributed by atoms with E-state index in [0.717, 1.165) is 17.3 Å². The summed E-state index contributed by atoms with van der Waals surface area (Å²) in [6.07, 6.45) is -4.12. The molecule has 0 saturated carbocycles. The third-order valence-corrected chi connectivity index (χ3v) is 13.5. The summed E-state index contributed by atoms with van der Waals surface area (Å²) < 4.78 is 35.7. The summed E-state index contributed by atoms with van der Waals surface area (Å²) in [5.41, 5.74) is 0.708. The second-order valence-corrected chi connectivity index (χ2v) is 17.2. The molecule has 12 heteroatoms. The van der Waals surface area contributed by atoms with Crippen LogP contribution in [0, 0.1) is 0 Å². The summed E-state index contributed by atoms with van der Waals surface area (Å²) in [6.45, 7) is 8.12. The van der Waals surface area contributed by atoms with Crippen LogP contribution in [0.5, 0.6) is 5.75 Å². The first kappa shape index (κ1) is 34.8. The van der Waals surface area contributed by atoms with Gasteiger partial charge in [0.2, 0.25) is 6.10 Å². The van der Waals surface area contributed by atoms with Gasteiger partial charge in [0.05, 0.1) is 13.7 Å². The number of esters is 3. The molecule has 48 heavy (non-hydrogen) atoms. The first-order chi connectivity index (χ1) is 22.8. The van der Waals surface area contributed by atoms with Crippen molar-refractivity contribution in [1.29, 1.82) is 0 Å². The summed E-state index contributed by atoms with van der Waals surface area (Å²) in [4.78, 5) is 53.7. The lowest BCUT2D eigenvalue weighted by Gasteiger charge is -2.43. The molecule has 2 aliphatic rings. The molecule has 0 unspecified atom stereocenters. The van der Waals surface area contributed by atoms with Crippen molar-refractivity contribution >= 4 is 42.5 Å². The summed E-state index contributed by atoms with van der Waals surface area (Å²) >= 11 is 0. The molecule has 4 atom stereocenters. The second-order valence-electron chi connectivity index (χ2n) is 12.9. The SMILES string of the molecule is COc1ccc(CN2CC(=O)O[C@]3(O[C@H](CO[Si](c4ccccc4)(c4ccccc4)C(C)(C)C)[C@H](OC(C)=O)[C@H]3OC(C)=O)C2=O)cc1. The molecular weight excluding hydrogens is 634 g/mol. The number of morpholine rings is 1. The Labute approximate surface area is 281 Å². The zero-order chi connectivity index (χ0) is 34.7. The predicted molar refractivity (Wildman–Crippen MR) is 177 cm³/mol. The zero-order valence-corrected chi connectivity index (χ0v) is 29.0. The highest BCUT2D eigenvalue weighted by Crippen LogP contribution is 2.42. The molecule has 2 fully saturated rings. The van der Waals surface area contributed by atoms with E-state index >= 15 is 0 Å². The van der Waals surface area contributed by atoms with Crippen molar-refractivity contribution in [2.75, 3.05) is 20.3 Å². The van der Waals surface area contributed by atoms with Crippen LogP contribution in [0.25, 0.3) is 0 Å². The zero-order valence-electron chi connectivity index (χ0n) is 28.0. The van der Waals surface area contributed by atoms with E-state index in [4.69, 9.17) is 28.1 Å². The number of carbonyl (C=O) groups is 4. The molecule has 3 aromatic carbocycles. The fourth-order valence-electron chi connectivity index (χ4n) is 6.55.